The van der Waals surface area contributed by atoms with E-state index >= 15 is 0 Å². The predicted octanol–water partition coefficient (Wildman–Crippen LogP) is 3.08. The molecule has 0 unspecified atom stereocenters. The van der Waals surface area contributed by atoms with Gasteiger partial charge in [-0.05, 0) is 43.2 Å². The van der Waals surface area contributed by atoms with Crippen LogP contribution >= 0.6 is 0 Å². The van der Waals surface area contributed by atoms with Crippen LogP contribution in [0.4, 0.5) is 5.69 Å². The van der Waals surface area contributed by atoms with E-state index in [1.807, 2.05) is 44.2 Å². The average Bonchev–Trinajstić information content (AvgIpc) is 2.55. The lowest BCUT2D eigenvalue weighted by Crippen LogP contribution is -2.31. The molecule has 1 aromatic carbocycles. The third-order valence-electron chi connectivity index (χ3n) is 3.83. The summed E-state index contributed by atoms with van der Waals surface area (Å²) < 4.78 is 0. The van der Waals surface area contributed by atoms with Crippen molar-refractivity contribution in [1.29, 1.82) is 0 Å². The Morgan fingerprint density at radius 3 is 2.46 bits per heavy atom. The Labute approximate surface area is 142 Å². The highest BCUT2D eigenvalue weighted by atomic mass is 16.2. The average molecular weight is 325 g/mol. The Morgan fingerprint density at radius 1 is 1.12 bits per heavy atom. The van der Waals surface area contributed by atoms with E-state index in [4.69, 9.17) is 0 Å². The van der Waals surface area contributed by atoms with Gasteiger partial charge in [0, 0.05) is 44.5 Å². The van der Waals surface area contributed by atoms with Crippen LogP contribution in [0.15, 0.2) is 42.7 Å². The first-order valence-corrected chi connectivity index (χ1v) is 7.97. The number of carbonyl (C=O) groups excluding carboxylic acids is 2. The quantitative estimate of drug-likeness (QED) is 0.888. The van der Waals surface area contributed by atoms with Crippen LogP contribution in [0.3, 0.4) is 0 Å². The first kappa shape index (κ1) is 17.7. The predicted molar refractivity (Wildman–Crippen MR) is 94.5 cm³/mol. The van der Waals surface area contributed by atoms with Crippen molar-refractivity contribution < 1.29 is 9.59 Å². The number of anilines is 1. The van der Waals surface area contributed by atoms with Gasteiger partial charge in [0.25, 0.3) is 0 Å². The molecule has 24 heavy (non-hydrogen) atoms. The lowest BCUT2D eigenvalue weighted by molar-refractivity contribution is -0.129. The van der Waals surface area contributed by atoms with E-state index in [1.165, 1.54) is 6.92 Å². The summed E-state index contributed by atoms with van der Waals surface area (Å²) in [6.07, 6.45) is 3.65. The molecule has 0 aliphatic rings. The zero-order valence-electron chi connectivity index (χ0n) is 14.4. The largest absolute Gasteiger partial charge is 0.338 e. The van der Waals surface area contributed by atoms with E-state index in [1.54, 1.807) is 17.3 Å². The monoisotopic (exact) mass is 325 g/mol. The van der Waals surface area contributed by atoms with Crippen LogP contribution in [0.2, 0.25) is 0 Å². The molecular formula is C19H23N3O2. The Balaban J connectivity index is 1.91. The van der Waals surface area contributed by atoms with Crippen LogP contribution in [-0.2, 0) is 16.1 Å². The third-order valence-corrected chi connectivity index (χ3v) is 3.83. The molecule has 2 rings (SSSR count). The molecule has 2 amide bonds. The van der Waals surface area contributed by atoms with E-state index < -0.39 is 0 Å². The van der Waals surface area contributed by atoms with Gasteiger partial charge in [0.1, 0.15) is 0 Å². The molecule has 0 aliphatic carbocycles. The highest BCUT2D eigenvalue weighted by Gasteiger charge is 2.12. The molecule has 0 atom stereocenters. The van der Waals surface area contributed by atoms with Gasteiger partial charge in [-0.1, -0.05) is 17.7 Å². The van der Waals surface area contributed by atoms with Gasteiger partial charge < -0.3 is 10.2 Å². The van der Waals surface area contributed by atoms with Gasteiger partial charge in [0.2, 0.25) is 11.8 Å². The number of nitrogens with zero attached hydrogens (tertiary/aromatic N) is 2. The van der Waals surface area contributed by atoms with E-state index in [-0.39, 0.29) is 18.2 Å². The molecule has 0 fully saturated rings. The first-order valence-electron chi connectivity index (χ1n) is 7.97. The van der Waals surface area contributed by atoms with E-state index in [2.05, 4.69) is 10.3 Å². The van der Waals surface area contributed by atoms with Crippen molar-refractivity contribution in [1.82, 2.24) is 9.88 Å². The topological polar surface area (TPSA) is 62.3 Å². The summed E-state index contributed by atoms with van der Waals surface area (Å²) in [5.74, 6) is -0.144. The van der Waals surface area contributed by atoms with Crippen LogP contribution in [0.25, 0.3) is 0 Å². The molecule has 0 radical (unpaired) electrons. The fourth-order valence-electron chi connectivity index (χ4n) is 2.46. The summed E-state index contributed by atoms with van der Waals surface area (Å²) in [6.45, 7) is 6.36. The number of aryl methyl sites for hydroxylation is 2. The van der Waals surface area contributed by atoms with Crippen molar-refractivity contribution >= 4 is 17.5 Å². The minimum atomic E-state index is -0.0945. The van der Waals surface area contributed by atoms with Crippen molar-refractivity contribution in [2.45, 2.75) is 33.7 Å². The molecule has 1 N–H and O–H groups in total. The number of benzene rings is 1. The highest BCUT2D eigenvalue weighted by Crippen LogP contribution is 2.16. The Morgan fingerprint density at radius 2 is 1.83 bits per heavy atom. The number of nitrogens with one attached hydrogen (secondary N) is 1. The molecule has 0 saturated carbocycles. The molecule has 0 spiro atoms. The zero-order valence-corrected chi connectivity index (χ0v) is 14.4. The Kier molecular flexibility index (Phi) is 6.07. The number of rotatable bonds is 6. The number of hydrogen-bond donors (Lipinski definition) is 1. The van der Waals surface area contributed by atoms with Crippen molar-refractivity contribution in [3.05, 3.63) is 59.4 Å². The van der Waals surface area contributed by atoms with Gasteiger partial charge in [0.15, 0.2) is 0 Å². The molecule has 0 bridgehead atoms. The van der Waals surface area contributed by atoms with Crippen LogP contribution in [-0.4, -0.2) is 28.2 Å². The number of carbonyl (C=O) groups is 2. The Bertz CT molecular complexity index is 714. The van der Waals surface area contributed by atoms with E-state index in [9.17, 15) is 9.59 Å². The molecule has 126 valence electrons. The summed E-state index contributed by atoms with van der Waals surface area (Å²) in [6, 6.07) is 9.63. The maximum atomic E-state index is 12.2. The second-order valence-corrected chi connectivity index (χ2v) is 5.91. The smallest absolute Gasteiger partial charge is 0.226 e. The molecule has 5 heteroatoms. The summed E-state index contributed by atoms with van der Waals surface area (Å²) in [5, 5.41) is 2.91. The maximum Gasteiger partial charge on any atom is 0.226 e. The Hall–Kier alpha value is -2.69. The summed E-state index contributed by atoms with van der Waals surface area (Å²) in [4.78, 5) is 29.6. The lowest BCUT2D eigenvalue weighted by Gasteiger charge is -2.21. The van der Waals surface area contributed by atoms with Gasteiger partial charge >= 0.3 is 0 Å². The van der Waals surface area contributed by atoms with Crippen LogP contribution in [0, 0.1) is 13.8 Å². The van der Waals surface area contributed by atoms with Crippen LogP contribution in [0.5, 0.6) is 0 Å². The first-order chi connectivity index (χ1) is 11.5. The normalized spacial score (nSPS) is 10.3. The fourth-order valence-corrected chi connectivity index (χ4v) is 2.46. The molecule has 1 heterocycles. The van der Waals surface area contributed by atoms with Crippen molar-refractivity contribution in [2.75, 3.05) is 11.9 Å². The molecule has 0 aliphatic heterocycles. The number of pyridine rings is 1. The molecule has 5 nitrogen and oxygen atoms in total. The van der Waals surface area contributed by atoms with Gasteiger partial charge in [-0.15, -0.1) is 0 Å². The number of hydrogen-bond acceptors (Lipinski definition) is 3. The number of amides is 2. The fraction of sp³-hybridized carbons (Fsp3) is 0.316. The van der Waals surface area contributed by atoms with Gasteiger partial charge in [-0.25, -0.2) is 0 Å². The minimum Gasteiger partial charge on any atom is -0.338 e. The van der Waals surface area contributed by atoms with E-state index in [0.29, 0.717) is 13.1 Å². The second-order valence-electron chi connectivity index (χ2n) is 5.91. The van der Waals surface area contributed by atoms with Gasteiger partial charge in [0.05, 0.1) is 0 Å². The molecule has 1 aromatic heterocycles. The minimum absolute atomic E-state index is 0.0499. The van der Waals surface area contributed by atoms with Gasteiger partial charge in [-0.3, -0.25) is 14.6 Å². The maximum absolute atomic E-state index is 12.2. The molecule has 0 saturated heterocycles. The zero-order chi connectivity index (χ0) is 17.5. The standard InChI is InChI=1S/C19H23N3O2/c1-14-4-5-18(15(2)12-14)21-19(24)8-11-22(16(3)23)13-17-6-9-20-10-7-17/h4-7,9-10,12H,8,11,13H2,1-3H3,(H,21,24). The second kappa shape index (κ2) is 8.24. The van der Waals surface area contributed by atoms with Crippen molar-refractivity contribution in [3.63, 3.8) is 0 Å². The van der Waals surface area contributed by atoms with E-state index in [0.717, 1.165) is 22.4 Å². The van der Waals surface area contributed by atoms with Crippen LogP contribution in [0.1, 0.15) is 30.0 Å². The molecule has 2 aromatic rings. The summed E-state index contributed by atoms with van der Waals surface area (Å²) >= 11 is 0. The van der Waals surface area contributed by atoms with Crippen molar-refractivity contribution in [3.8, 4) is 0 Å². The van der Waals surface area contributed by atoms with Crippen LogP contribution < -0.4 is 5.32 Å². The molecular weight excluding hydrogens is 302 g/mol. The summed E-state index contributed by atoms with van der Waals surface area (Å²) in [7, 11) is 0. The SMILES string of the molecule is CC(=O)N(CCC(=O)Nc1ccc(C)cc1C)Cc1ccncc1. The third kappa shape index (κ3) is 5.19. The highest BCUT2D eigenvalue weighted by molar-refractivity contribution is 5.91. The van der Waals surface area contributed by atoms with Gasteiger partial charge in [-0.2, -0.15) is 0 Å². The summed E-state index contributed by atoms with van der Waals surface area (Å²) in [5.41, 5.74) is 4.00. The van der Waals surface area contributed by atoms with Crippen molar-refractivity contribution in [2.24, 2.45) is 0 Å². The number of aromatic nitrogens is 1. The lowest BCUT2D eigenvalue weighted by atomic mass is 10.1.